The molecular formula is C17H22N2O6. The molecule has 0 bridgehead atoms. The third-order valence-electron chi connectivity index (χ3n) is 5.21. The van der Waals surface area contributed by atoms with Gasteiger partial charge in [0.05, 0.1) is 37.4 Å². The number of aliphatic hydroxyl groups excluding tert-OH is 4. The SMILES string of the molecule is OCC1CCCN1c1cnc([C@@H]2O[C@H](CO)[C@@H](O)[C@H]2O)c2occc12. The normalized spacial score (nSPS) is 32.8. The van der Waals surface area contributed by atoms with Crippen LogP contribution < -0.4 is 4.90 Å². The molecule has 0 saturated carbocycles. The van der Waals surface area contributed by atoms with Crippen LogP contribution in [0.2, 0.25) is 0 Å². The fourth-order valence-electron chi connectivity index (χ4n) is 3.87. The van der Waals surface area contributed by atoms with E-state index in [1.54, 1.807) is 12.5 Å². The summed E-state index contributed by atoms with van der Waals surface area (Å²) in [5, 5.41) is 39.9. The summed E-state index contributed by atoms with van der Waals surface area (Å²) in [5.74, 6) is 0. The maximum atomic E-state index is 10.3. The number of ether oxygens (including phenoxy) is 1. The van der Waals surface area contributed by atoms with E-state index < -0.39 is 24.4 Å². The molecule has 2 aliphatic heterocycles. The molecule has 2 aromatic rings. The number of hydrogen-bond donors (Lipinski definition) is 4. The van der Waals surface area contributed by atoms with E-state index >= 15 is 0 Å². The van der Waals surface area contributed by atoms with Gasteiger partial charge in [-0.3, -0.25) is 4.98 Å². The zero-order valence-corrected chi connectivity index (χ0v) is 13.7. The molecular weight excluding hydrogens is 328 g/mol. The maximum absolute atomic E-state index is 10.3. The molecule has 0 amide bonds. The van der Waals surface area contributed by atoms with Gasteiger partial charge >= 0.3 is 0 Å². The molecule has 2 aromatic heterocycles. The summed E-state index contributed by atoms with van der Waals surface area (Å²) >= 11 is 0. The van der Waals surface area contributed by atoms with Crippen LogP contribution in [0.1, 0.15) is 24.6 Å². The quantitative estimate of drug-likeness (QED) is 0.606. The summed E-state index contributed by atoms with van der Waals surface area (Å²) in [5.41, 5.74) is 1.75. The van der Waals surface area contributed by atoms with Crippen LogP contribution in [0.25, 0.3) is 11.0 Å². The van der Waals surface area contributed by atoms with Crippen molar-refractivity contribution < 1.29 is 29.6 Å². The molecule has 8 heteroatoms. The van der Waals surface area contributed by atoms with Gasteiger partial charge in [0.1, 0.15) is 30.1 Å². The Kier molecular flexibility index (Phi) is 4.38. The second kappa shape index (κ2) is 6.54. The number of aliphatic hydroxyl groups is 4. The lowest BCUT2D eigenvalue weighted by Gasteiger charge is -2.26. The molecule has 2 saturated heterocycles. The smallest absolute Gasteiger partial charge is 0.160 e. The highest BCUT2D eigenvalue weighted by Crippen LogP contribution is 2.39. The van der Waals surface area contributed by atoms with Gasteiger partial charge in [-0.2, -0.15) is 0 Å². The number of anilines is 1. The molecule has 0 radical (unpaired) electrons. The Hall–Kier alpha value is -1.71. The average molecular weight is 350 g/mol. The Morgan fingerprint density at radius 1 is 1.20 bits per heavy atom. The maximum Gasteiger partial charge on any atom is 0.160 e. The third-order valence-corrected chi connectivity index (χ3v) is 5.21. The van der Waals surface area contributed by atoms with Crippen LogP contribution in [-0.4, -0.2) is 69.5 Å². The van der Waals surface area contributed by atoms with Crippen LogP contribution in [0, 0.1) is 0 Å². The number of hydrogen-bond acceptors (Lipinski definition) is 8. The standard InChI is InChI=1S/C17H22N2O6/c20-7-9-2-1-4-19(9)11-6-18-13(16-10(11)3-5-24-16)17-15(23)14(22)12(8-21)25-17/h3,5-6,9,12,14-15,17,20-23H,1-2,4,7-8H2/t9?,12-,14-,15-,17+/m1/s1. The largest absolute Gasteiger partial charge is 0.462 e. The zero-order valence-electron chi connectivity index (χ0n) is 13.7. The Morgan fingerprint density at radius 2 is 2.04 bits per heavy atom. The van der Waals surface area contributed by atoms with Crippen molar-refractivity contribution >= 4 is 16.7 Å². The Bertz CT molecular complexity index is 750. The van der Waals surface area contributed by atoms with E-state index in [0.29, 0.717) is 11.3 Å². The first-order valence-corrected chi connectivity index (χ1v) is 8.51. The van der Waals surface area contributed by atoms with Crippen molar-refractivity contribution in [1.82, 2.24) is 4.98 Å². The van der Waals surface area contributed by atoms with E-state index in [1.807, 2.05) is 6.07 Å². The lowest BCUT2D eigenvalue weighted by molar-refractivity contribution is -0.0237. The van der Waals surface area contributed by atoms with E-state index in [2.05, 4.69) is 9.88 Å². The van der Waals surface area contributed by atoms with E-state index in [9.17, 15) is 20.4 Å². The van der Waals surface area contributed by atoms with E-state index in [0.717, 1.165) is 30.5 Å². The van der Waals surface area contributed by atoms with Crippen LogP contribution in [0.3, 0.4) is 0 Å². The molecule has 8 nitrogen and oxygen atoms in total. The van der Waals surface area contributed by atoms with Crippen LogP contribution in [0.5, 0.6) is 0 Å². The highest BCUT2D eigenvalue weighted by molar-refractivity contribution is 5.92. The minimum atomic E-state index is -1.19. The minimum Gasteiger partial charge on any atom is -0.462 e. The van der Waals surface area contributed by atoms with Crippen LogP contribution in [-0.2, 0) is 4.74 Å². The number of nitrogens with zero attached hydrogens (tertiary/aromatic N) is 2. The molecule has 136 valence electrons. The number of aromatic nitrogens is 1. The number of fused-ring (bicyclic) bond motifs is 1. The van der Waals surface area contributed by atoms with Crippen molar-refractivity contribution in [2.24, 2.45) is 0 Å². The minimum absolute atomic E-state index is 0.0552. The molecule has 5 atom stereocenters. The molecule has 4 rings (SSSR count). The van der Waals surface area contributed by atoms with Crippen molar-refractivity contribution in [1.29, 1.82) is 0 Å². The summed E-state index contributed by atoms with van der Waals surface area (Å²) in [6, 6.07) is 1.88. The van der Waals surface area contributed by atoms with Crippen LogP contribution in [0.15, 0.2) is 22.9 Å². The fraction of sp³-hybridized carbons (Fsp3) is 0.588. The van der Waals surface area contributed by atoms with Crippen molar-refractivity contribution in [3.8, 4) is 0 Å². The van der Waals surface area contributed by atoms with Crippen molar-refractivity contribution in [2.75, 3.05) is 24.7 Å². The van der Waals surface area contributed by atoms with Crippen molar-refractivity contribution in [2.45, 2.75) is 43.3 Å². The summed E-state index contributed by atoms with van der Waals surface area (Å²) in [4.78, 5) is 6.55. The summed E-state index contributed by atoms with van der Waals surface area (Å²) in [6.07, 6.45) is 1.05. The van der Waals surface area contributed by atoms with E-state index in [4.69, 9.17) is 9.15 Å². The first-order chi connectivity index (χ1) is 12.2. The first kappa shape index (κ1) is 16.7. The highest BCUT2D eigenvalue weighted by Gasteiger charge is 2.45. The Balaban J connectivity index is 1.74. The lowest BCUT2D eigenvalue weighted by atomic mass is 10.0. The van der Waals surface area contributed by atoms with Crippen molar-refractivity contribution in [3.05, 3.63) is 24.2 Å². The van der Waals surface area contributed by atoms with Gasteiger partial charge in [0.15, 0.2) is 5.58 Å². The predicted molar refractivity (Wildman–Crippen MR) is 88.2 cm³/mol. The molecule has 0 aliphatic carbocycles. The van der Waals surface area contributed by atoms with E-state index in [1.165, 1.54) is 0 Å². The van der Waals surface area contributed by atoms with Gasteiger partial charge in [-0.1, -0.05) is 0 Å². The second-order valence-electron chi connectivity index (χ2n) is 6.62. The molecule has 4 heterocycles. The van der Waals surface area contributed by atoms with Gasteiger partial charge in [0.2, 0.25) is 0 Å². The van der Waals surface area contributed by atoms with Gasteiger partial charge in [0, 0.05) is 11.9 Å². The fourth-order valence-corrected chi connectivity index (χ4v) is 3.87. The summed E-state index contributed by atoms with van der Waals surface area (Å²) in [7, 11) is 0. The molecule has 4 N–H and O–H groups in total. The molecule has 25 heavy (non-hydrogen) atoms. The molecule has 2 aliphatic rings. The van der Waals surface area contributed by atoms with Gasteiger partial charge in [-0.25, -0.2) is 0 Å². The average Bonchev–Trinajstić information content (AvgIpc) is 3.35. The Morgan fingerprint density at radius 3 is 2.76 bits per heavy atom. The summed E-state index contributed by atoms with van der Waals surface area (Å²) < 4.78 is 11.2. The van der Waals surface area contributed by atoms with Crippen molar-refractivity contribution in [3.63, 3.8) is 0 Å². The molecule has 2 fully saturated rings. The lowest BCUT2D eigenvalue weighted by Crippen LogP contribution is -2.33. The highest BCUT2D eigenvalue weighted by atomic mass is 16.6. The zero-order chi connectivity index (χ0) is 17.6. The Labute approximate surface area is 144 Å². The first-order valence-electron chi connectivity index (χ1n) is 8.51. The predicted octanol–water partition coefficient (Wildman–Crippen LogP) is -0.0571. The van der Waals surface area contributed by atoms with Gasteiger partial charge < -0.3 is 34.5 Å². The van der Waals surface area contributed by atoms with Gasteiger partial charge in [-0.05, 0) is 18.9 Å². The van der Waals surface area contributed by atoms with E-state index in [-0.39, 0.29) is 19.3 Å². The van der Waals surface area contributed by atoms with Crippen LogP contribution >= 0.6 is 0 Å². The number of furan rings is 1. The number of pyridine rings is 1. The van der Waals surface area contributed by atoms with Gasteiger partial charge in [0.25, 0.3) is 0 Å². The monoisotopic (exact) mass is 350 g/mol. The van der Waals surface area contributed by atoms with Gasteiger partial charge in [-0.15, -0.1) is 0 Å². The van der Waals surface area contributed by atoms with Crippen LogP contribution in [0.4, 0.5) is 5.69 Å². The number of rotatable bonds is 4. The topological polar surface area (TPSA) is 119 Å². The molecule has 0 aromatic carbocycles. The molecule has 0 spiro atoms. The molecule has 1 unspecified atom stereocenters. The third kappa shape index (κ3) is 2.61. The second-order valence-corrected chi connectivity index (χ2v) is 6.62. The summed E-state index contributed by atoms with van der Waals surface area (Å²) in [6.45, 7) is 0.524.